The quantitative estimate of drug-likeness (QED) is 0.774. The summed E-state index contributed by atoms with van der Waals surface area (Å²) < 4.78 is 12.9. The molecule has 1 saturated heterocycles. The molecule has 0 bridgehead atoms. The second-order valence-electron chi connectivity index (χ2n) is 6.01. The number of halogens is 2. The Morgan fingerprint density at radius 1 is 0.962 bits per heavy atom. The number of benzene rings is 2. The maximum Gasteiger partial charge on any atom is 0.254 e. The molecule has 4 nitrogen and oxygen atoms in total. The number of amides is 2. The van der Waals surface area contributed by atoms with E-state index in [2.05, 4.69) is 0 Å². The minimum Gasteiger partial charge on any atom is -0.336 e. The third kappa shape index (κ3) is 4.49. The van der Waals surface area contributed by atoms with Gasteiger partial charge >= 0.3 is 0 Å². The summed E-state index contributed by atoms with van der Waals surface area (Å²) in [6, 6.07) is 12.8. The van der Waals surface area contributed by atoms with Crippen LogP contribution in [0.3, 0.4) is 0 Å². The van der Waals surface area contributed by atoms with E-state index in [0.29, 0.717) is 36.8 Å². The largest absolute Gasteiger partial charge is 0.336 e. The third-order valence-corrected chi connectivity index (χ3v) is 4.47. The van der Waals surface area contributed by atoms with E-state index in [1.165, 1.54) is 18.2 Å². The molecule has 134 valence electrons. The maximum absolute atomic E-state index is 12.9. The zero-order valence-electron chi connectivity index (χ0n) is 14.1. The Bertz CT molecular complexity index is 828. The van der Waals surface area contributed by atoms with Crippen LogP contribution < -0.4 is 0 Å². The molecule has 0 N–H and O–H groups in total. The van der Waals surface area contributed by atoms with Gasteiger partial charge < -0.3 is 9.80 Å². The minimum absolute atomic E-state index is 0.0820. The highest BCUT2D eigenvalue weighted by molar-refractivity contribution is 6.30. The topological polar surface area (TPSA) is 40.6 Å². The lowest BCUT2D eigenvalue weighted by molar-refractivity contribution is -0.127. The zero-order chi connectivity index (χ0) is 18.5. The van der Waals surface area contributed by atoms with E-state index < -0.39 is 0 Å². The zero-order valence-corrected chi connectivity index (χ0v) is 14.8. The van der Waals surface area contributed by atoms with Crippen molar-refractivity contribution in [2.24, 2.45) is 0 Å². The number of carbonyl (C=O) groups is 2. The molecule has 0 aliphatic carbocycles. The van der Waals surface area contributed by atoms with E-state index in [-0.39, 0.29) is 17.6 Å². The van der Waals surface area contributed by atoms with Crippen LogP contribution in [-0.2, 0) is 4.79 Å². The van der Waals surface area contributed by atoms with E-state index in [0.717, 1.165) is 5.56 Å². The smallest absolute Gasteiger partial charge is 0.254 e. The predicted molar refractivity (Wildman–Crippen MR) is 99.4 cm³/mol. The van der Waals surface area contributed by atoms with Gasteiger partial charge in [0, 0.05) is 42.8 Å². The van der Waals surface area contributed by atoms with Crippen molar-refractivity contribution >= 4 is 29.5 Å². The molecule has 3 rings (SSSR count). The van der Waals surface area contributed by atoms with Crippen LogP contribution in [0.4, 0.5) is 4.39 Å². The first-order valence-electron chi connectivity index (χ1n) is 8.30. The van der Waals surface area contributed by atoms with Crippen molar-refractivity contribution in [2.45, 2.75) is 0 Å². The van der Waals surface area contributed by atoms with Gasteiger partial charge in [-0.15, -0.1) is 0 Å². The van der Waals surface area contributed by atoms with Crippen molar-refractivity contribution in [2.75, 3.05) is 26.2 Å². The Morgan fingerprint density at radius 3 is 2.27 bits per heavy atom. The standard InChI is InChI=1S/C20H18ClFN2O2/c21-17-3-1-2-16(14-17)20(26)24-12-10-23(11-13-24)19(25)9-6-15-4-7-18(22)8-5-15/h1-9,14H,10-13H2/b9-6+. The second-order valence-corrected chi connectivity index (χ2v) is 6.45. The summed E-state index contributed by atoms with van der Waals surface area (Å²) in [4.78, 5) is 28.2. The van der Waals surface area contributed by atoms with Gasteiger partial charge in [0.1, 0.15) is 5.82 Å². The van der Waals surface area contributed by atoms with Crippen LogP contribution in [0.5, 0.6) is 0 Å². The van der Waals surface area contributed by atoms with Crippen molar-refractivity contribution in [3.8, 4) is 0 Å². The Hall–Kier alpha value is -2.66. The van der Waals surface area contributed by atoms with Gasteiger partial charge in [0.2, 0.25) is 5.91 Å². The number of hydrogen-bond donors (Lipinski definition) is 0. The molecule has 2 aromatic carbocycles. The summed E-state index contributed by atoms with van der Waals surface area (Å²) in [5.74, 6) is -0.514. The highest BCUT2D eigenvalue weighted by Crippen LogP contribution is 2.14. The first-order chi connectivity index (χ1) is 12.5. The molecule has 0 saturated carbocycles. The van der Waals surface area contributed by atoms with Gasteiger partial charge in [0.25, 0.3) is 5.91 Å². The van der Waals surface area contributed by atoms with Crippen LogP contribution >= 0.6 is 11.6 Å². The van der Waals surface area contributed by atoms with E-state index in [1.54, 1.807) is 52.3 Å². The molecule has 26 heavy (non-hydrogen) atoms. The minimum atomic E-state index is -0.311. The average molecular weight is 373 g/mol. The van der Waals surface area contributed by atoms with E-state index in [1.807, 2.05) is 0 Å². The Labute approximate surface area is 156 Å². The molecule has 0 radical (unpaired) electrons. The first kappa shape index (κ1) is 18.1. The number of carbonyl (C=O) groups excluding carboxylic acids is 2. The molecule has 1 aliphatic heterocycles. The lowest BCUT2D eigenvalue weighted by Gasteiger charge is -2.34. The van der Waals surface area contributed by atoms with Gasteiger partial charge in [0.05, 0.1) is 0 Å². The summed E-state index contributed by atoms with van der Waals surface area (Å²) in [5.41, 5.74) is 1.31. The van der Waals surface area contributed by atoms with Crippen LogP contribution in [0.1, 0.15) is 15.9 Å². The first-order valence-corrected chi connectivity index (χ1v) is 8.68. The molecule has 2 amide bonds. The number of rotatable bonds is 3. The van der Waals surface area contributed by atoms with Crippen molar-refractivity contribution in [1.82, 2.24) is 9.80 Å². The highest BCUT2D eigenvalue weighted by Gasteiger charge is 2.23. The van der Waals surface area contributed by atoms with Gasteiger partial charge in [-0.1, -0.05) is 29.8 Å². The lowest BCUT2D eigenvalue weighted by atomic mass is 10.1. The summed E-state index contributed by atoms with van der Waals surface area (Å²) in [5, 5.41) is 0.524. The molecule has 1 heterocycles. The summed E-state index contributed by atoms with van der Waals surface area (Å²) in [6.07, 6.45) is 3.13. The van der Waals surface area contributed by atoms with Crippen LogP contribution in [0.25, 0.3) is 6.08 Å². The van der Waals surface area contributed by atoms with Gasteiger partial charge in [-0.25, -0.2) is 4.39 Å². The maximum atomic E-state index is 12.9. The fourth-order valence-electron chi connectivity index (χ4n) is 2.78. The average Bonchev–Trinajstić information content (AvgIpc) is 2.67. The van der Waals surface area contributed by atoms with Gasteiger partial charge in [-0.05, 0) is 42.0 Å². The van der Waals surface area contributed by atoms with Crippen LogP contribution in [0, 0.1) is 5.82 Å². The van der Waals surface area contributed by atoms with Crippen molar-refractivity contribution in [3.63, 3.8) is 0 Å². The predicted octanol–water partition coefficient (Wildman–Crippen LogP) is 3.48. The summed E-state index contributed by atoms with van der Waals surface area (Å²) >= 11 is 5.93. The molecule has 0 atom stereocenters. The van der Waals surface area contributed by atoms with E-state index in [4.69, 9.17) is 11.6 Å². The van der Waals surface area contributed by atoms with E-state index >= 15 is 0 Å². The Balaban J connectivity index is 1.55. The van der Waals surface area contributed by atoms with Crippen molar-refractivity contribution in [1.29, 1.82) is 0 Å². The SMILES string of the molecule is O=C(/C=C/c1ccc(F)cc1)N1CCN(C(=O)c2cccc(Cl)c2)CC1. The monoisotopic (exact) mass is 372 g/mol. The van der Waals surface area contributed by atoms with Crippen molar-refractivity contribution in [3.05, 3.63) is 76.6 Å². The summed E-state index contributed by atoms with van der Waals surface area (Å²) in [6.45, 7) is 1.89. The molecule has 0 spiro atoms. The fourth-order valence-corrected chi connectivity index (χ4v) is 2.97. The van der Waals surface area contributed by atoms with Gasteiger partial charge in [-0.2, -0.15) is 0 Å². The van der Waals surface area contributed by atoms with Gasteiger partial charge in [0.15, 0.2) is 0 Å². The molecule has 0 aromatic heterocycles. The van der Waals surface area contributed by atoms with Crippen LogP contribution in [0.2, 0.25) is 5.02 Å². The molecule has 2 aromatic rings. The molecule has 0 unspecified atom stereocenters. The molecular weight excluding hydrogens is 355 g/mol. The number of nitrogens with zero attached hydrogens (tertiary/aromatic N) is 2. The lowest BCUT2D eigenvalue weighted by Crippen LogP contribution is -2.50. The third-order valence-electron chi connectivity index (χ3n) is 4.24. The summed E-state index contributed by atoms with van der Waals surface area (Å²) in [7, 11) is 0. The van der Waals surface area contributed by atoms with Crippen LogP contribution in [0.15, 0.2) is 54.6 Å². The van der Waals surface area contributed by atoms with Crippen LogP contribution in [-0.4, -0.2) is 47.8 Å². The van der Waals surface area contributed by atoms with Crippen molar-refractivity contribution < 1.29 is 14.0 Å². The molecule has 1 aliphatic rings. The van der Waals surface area contributed by atoms with Gasteiger partial charge in [-0.3, -0.25) is 9.59 Å². The molecule has 1 fully saturated rings. The number of hydrogen-bond acceptors (Lipinski definition) is 2. The molecule has 6 heteroatoms. The number of piperazine rings is 1. The Morgan fingerprint density at radius 2 is 1.62 bits per heavy atom. The molecular formula is C20H18ClFN2O2. The van der Waals surface area contributed by atoms with E-state index in [9.17, 15) is 14.0 Å². The fraction of sp³-hybridized carbons (Fsp3) is 0.200. The second kappa shape index (κ2) is 8.15. The normalized spacial score (nSPS) is 14.7. The highest BCUT2D eigenvalue weighted by atomic mass is 35.5. The Kier molecular flexibility index (Phi) is 5.68.